The van der Waals surface area contributed by atoms with Crippen molar-refractivity contribution in [1.82, 2.24) is 10.2 Å². The number of nitriles is 1. The molecule has 0 aromatic rings. The van der Waals surface area contributed by atoms with Crippen LogP contribution >= 0.6 is 0 Å². The van der Waals surface area contributed by atoms with Crippen LogP contribution in [0.1, 0.15) is 66.7 Å². The van der Waals surface area contributed by atoms with Gasteiger partial charge in [0.1, 0.15) is 5.54 Å². The molecular weight excluding hydrogens is 258 g/mol. The topological polar surface area (TPSA) is 39.1 Å². The van der Waals surface area contributed by atoms with Gasteiger partial charge in [-0.1, -0.05) is 27.7 Å². The SMILES string of the molecule is CCCNC(C)(C#N)CCCN1CCC(C(C)(C)C)CC1. The van der Waals surface area contributed by atoms with Gasteiger partial charge in [-0.2, -0.15) is 5.26 Å². The smallest absolute Gasteiger partial charge is 0.103 e. The zero-order valence-electron chi connectivity index (χ0n) is 14.8. The van der Waals surface area contributed by atoms with Crippen molar-refractivity contribution < 1.29 is 0 Å². The quantitative estimate of drug-likeness (QED) is 0.776. The van der Waals surface area contributed by atoms with Crippen molar-refractivity contribution >= 4 is 0 Å². The molecule has 3 heteroatoms. The van der Waals surface area contributed by atoms with E-state index in [-0.39, 0.29) is 5.54 Å². The molecule has 1 rings (SSSR count). The third-order valence-electron chi connectivity index (χ3n) is 4.98. The van der Waals surface area contributed by atoms with E-state index in [0.717, 1.165) is 38.3 Å². The Hall–Kier alpha value is -0.590. The van der Waals surface area contributed by atoms with E-state index < -0.39 is 0 Å². The van der Waals surface area contributed by atoms with E-state index in [4.69, 9.17) is 0 Å². The van der Waals surface area contributed by atoms with Crippen molar-refractivity contribution in [3.63, 3.8) is 0 Å². The third kappa shape index (κ3) is 6.36. The lowest BCUT2D eigenvalue weighted by Gasteiger charge is -2.39. The van der Waals surface area contributed by atoms with Gasteiger partial charge in [-0.25, -0.2) is 0 Å². The number of hydrogen-bond acceptors (Lipinski definition) is 3. The monoisotopic (exact) mass is 293 g/mol. The molecule has 3 nitrogen and oxygen atoms in total. The lowest BCUT2D eigenvalue weighted by Crippen LogP contribution is -2.43. The molecule has 0 radical (unpaired) electrons. The second-order valence-corrected chi connectivity index (χ2v) is 7.96. The molecule has 0 aliphatic carbocycles. The lowest BCUT2D eigenvalue weighted by molar-refractivity contribution is 0.110. The summed E-state index contributed by atoms with van der Waals surface area (Å²) in [5, 5.41) is 12.7. The fourth-order valence-corrected chi connectivity index (χ4v) is 3.26. The molecule has 0 bridgehead atoms. The molecule has 1 N–H and O–H groups in total. The highest BCUT2D eigenvalue weighted by molar-refractivity contribution is 5.03. The number of piperidine rings is 1. The van der Waals surface area contributed by atoms with Crippen molar-refractivity contribution in [3.8, 4) is 6.07 Å². The molecule has 1 atom stereocenters. The highest BCUT2D eigenvalue weighted by Crippen LogP contribution is 2.34. The van der Waals surface area contributed by atoms with E-state index in [9.17, 15) is 5.26 Å². The highest BCUT2D eigenvalue weighted by Gasteiger charge is 2.29. The number of likely N-dealkylation sites (tertiary alicyclic amines) is 1. The first kappa shape index (κ1) is 18.5. The summed E-state index contributed by atoms with van der Waals surface area (Å²) in [6, 6.07) is 2.45. The normalized spacial score (nSPS) is 21.0. The van der Waals surface area contributed by atoms with Crippen LogP contribution in [-0.2, 0) is 0 Å². The number of nitrogens with one attached hydrogen (secondary N) is 1. The van der Waals surface area contributed by atoms with E-state index in [1.807, 2.05) is 6.92 Å². The van der Waals surface area contributed by atoms with E-state index in [1.165, 1.54) is 25.9 Å². The Morgan fingerprint density at radius 1 is 1.19 bits per heavy atom. The minimum absolute atomic E-state index is 0.347. The van der Waals surface area contributed by atoms with Gasteiger partial charge in [0, 0.05) is 0 Å². The minimum Gasteiger partial charge on any atom is -0.303 e. The average Bonchev–Trinajstić information content (AvgIpc) is 2.45. The second kappa shape index (κ2) is 8.15. The average molecular weight is 293 g/mol. The van der Waals surface area contributed by atoms with E-state index in [1.54, 1.807) is 0 Å². The molecule has 1 unspecified atom stereocenters. The number of hydrogen-bond donors (Lipinski definition) is 1. The summed E-state index contributed by atoms with van der Waals surface area (Å²) in [4.78, 5) is 2.58. The summed E-state index contributed by atoms with van der Waals surface area (Å²) in [6.45, 7) is 15.8. The van der Waals surface area contributed by atoms with Crippen molar-refractivity contribution in [3.05, 3.63) is 0 Å². The Bertz CT molecular complexity index is 331. The molecule has 1 heterocycles. The van der Waals surface area contributed by atoms with Crippen LogP contribution in [0.25, 0.3) is 0 Å². The molecule has 21 heavy (non-hydrogen) atoms. The van der Waals surface area contributed by atoms with Gasteiger partial charge >= 0.3 is 0 Å². The zero-order chi connectivity index (χ0) is 15.9. The molecule has 0 aromatic carbocycles. The first-order chi connectivity index (χ1) is 9.80. The molecule has 1 saturated heterocycles. The molecule has 1 aliphatic heterocycles. The lowest BCUT2D eigenvalue weighted by atomic mass is 9.75. The van der Waals surface area contributed by atoms with Gasteiger partial charge in [0.15, 0.2) is 0 Å². The predicted octanol–water partition coefficient (Wildman–Crippen LogP) is 3.81. The summed E-state index contributed by atoms with van der Waals surface area (Å²) in [5.74, 6) is 0.865. The Labute approximate surface area is 132 Å². The second-order valence-electron chi connectivity index (χ2n) is 7.96. The summed E-state index contributed by atoms with van der Waals surface area (Å²) in [5.41, 5.74) is 0.106. The summed E-state index contributed by atoms with van der Waals surface area (Å²) in [7, 11) is 0. The van der Waals surface area contributed by atoms with Crippen molar-refractivity contribution in [2.24, 2.45) is 11.3 Å². The fourth-order valence-electron chi connectivity index (χ4n) is 3.26. The minimum atomic E-state index is -0.347. The molecule has 0 amide bonds. The van der Waals surface area contributed by atoms with Crippen LogP contribution in [0, 0.1) is 22.7 Å². The molecule has 0 spiro atoms. The summed E-state index contributed by atoms with van der Waals surface area (Å²) in [6.07, 6.45) is 5.79. The van der Waals surface area contributed by atoms with Gasteiger partial charge in [0.25, 0.3) is 0 Å². The van der Waals surface area contributed by atoms with Crippen LogP contribution in [0.4, 0.5) is 0 Å². The highest BCUT2D eigenvalue weighted by atomic mass is 15.1. The van der Waals surface area contributed by atoms with Gasteiger partial charge in [0.2, 0.25) is 0 Å². The van der Waals surface area contributed by atoms with Crippen LogP contribution < -0.4 is 5.32 Å². The van der Waals surface area contributed by atoms with E-state index in [0.29, 0.717) is 5.41 Å². The van der Waals surface area contributed by atoms with Gasteiger partial charge < -0.3 is 4.90 Å². The fraction of sp³-hybridized carbons (Fsp3) is 0.944. The molecule has 0 saturated carbocycles. The van der Waals surface area contributed by atoms with Crippen molar-refractivity contribution in [2.75, 3.05) is 26.2 Å². The Kier molecular flexibility index (Phi) is 7.16. The molecular formula is C18H35N3. The third-order valence-corrected chi connectivity index (χ3v) is 4.98. The van der Waals surface area contributed by atoms with Crippen LogP contribution in [0.15, 0.2) is 0 Å². The van der Waals surface area contributed by atoms with E-state index in [2.05, 4.69) is 44.0 Å². The van der Waals surface area contributed by atoms with E-state index >= 15 is 0 Å². The molecule has 0 aromatic heterocycles. The number of rotatable bonds is 7. The molecule has 1 aliphatic rings. The maximum Gasteiger partial charge on any atom is 0.103 e. The zero-order valence-corrected chi connectivity index (χ0v) is 14.8. The maximum absolute atomic E-state index is 9.35. The summed E-state index contributed by atoms with van der Waals surface area (Å²) >= 11 is 0. The Morgan fingerprint density at radius 3 is 2.29 bits per heavy atom. The van der Waals surface area contributed by atoms with Gasteiger partial charge in [-0.05, 0) is 76.5 Å². The van der Waals surface area contributed by atoms with Crippen LogP contribution in [-0.4, -0.2) is 36.6 Å². The van der Waals surface area contributed by atoms with Gasteiger partial charge in [-0.3, -0.25) is 5.32 Å². The summed E-state index contributed by atoms with van der Waals surface area (Å²) < 4.78 is 0. The molecule has 1 fully saturated rings. The number of nitrogens with zero attached hydrogens (tertiary/aromatic N) is 2. The largest absolute Gasteiger partial charge is 0.303 e. The first-order valence-electron chi connectivity index (χ1n) is 8.69. The van der Waals surface area contributed by atoms with Crippen LogP contribution in [0.2, 0.25) is 0 Å². The predicted molar refractivity (Wildman–Crippen MR) is 90.2 cm³/mol. The Balaban J connectivity index is 2.27. The standard InChI is InChI=1S/C18H35N3/c1-6-11-20-18(5,15-19)10-7-12-21-13-8-16(9-14-21)17(2,3)4/h16,20H,6-14H2,1-5H3. The van der Waals surface area contributed by atoms with Gasteiger partial charge in [0.05, 0.1) is 6.07 Å². The first-order valence-corrected chi connectivity index (χ1v) is 8.69. The Morgan fingerprint density at radius 2 is 1.81 bits per heavy atom. The molecule has 122 valence electrons. The van der Waals surface area contributed by atoms with Gasteiger partial charge in [-0.15, -0.1) is 0 Å². The van der Waals surface area contributed by atoms with Crippen LogP contribution in [0.5, 0.6) is 0 Å². The maximum atomic E-state index is 9.35. The van der Waals surface area contributed by atoms with Crippen LogP contribution in [0.3, 0.4) is 0 Å². The van der Waals surface area contributed by atoms with Crippen molar-refractivity contribution in [2.45, 2.75) is 72.3 Å². The van der Waals surface area contributed by atoms with Crippen molar-refractivity contribution in [1.29, 1.82) is 5.26 Å².